The summed E-state index contributed by atoms with van der Waals surface area (Å²) in [5.74, 6) is 1.71. The minimum absolute atomic E-state index is 0.0768. The summed E-state index contributed by atoms with van der Waals surface area (Å²) in [5, 5.41) is 7.22. The van der Waals surface area contributed by atoms with Crippen LogP contribution in [0, 0.1) is 6.92 Å². The Labute approximate surface area is 144 Å². The predicted molar refractivity (Wildman–Crippen MR) is 88.6 cm³/mol. The van der Waals surface area contributed by atoms with Crippen LogP contribution < -0.4 is 5.32 Å². The van der Waals surface area contributed by atoms with Crippen molar-refractivity contribution < 1.29 is 9.32 Å². The number of aryl methyl sites for hydroxylation is 1. The molecule has 0 spiro atoms. The summed E-state index contributed by atoms with van der Waals surface area (Å²) in [6, 6.07) is 3.38. The minimum atomic E-state index is -0.0768. The summed E-state index contributed by atoms with van der Waals surface area (Å²) in [7, 11) is 0. The van der Waals surface area contributed by atoms with Crippen LogP contribution >= 0.6 is 11.6 Å². The van der Waals surface area contributed by atoms with Gasteiger partial charge in [0.15, 0.2) is 5.82 Å². The van der Waals surface area contributed by atoms with Gasteiger partial charge in [-0.2, -0.15) is 4.98 Å². The highest BCUT2D eigenvalue weighted by Crippen LogP contribution is 2.10. The molecule has 1 aliphatic heterocycles. The molecule has 9 heteroatoms. The fourth-order valence-corrected chi connectivity index (χ4v) is 2.66. The molecule has 8 nitrogen and oxygen atoms in total. The molecular weight excluding hydrogens is 332 g/mol. The van der Waals surface area contributed by atoms with Crippen LogP contribution in [0.2, 0.25) is 5.02 Å². The largest absolute Gasteiger partial charge is 0.340 e. The first-order valence-corrected chi connectivity index (χ1v) is 8.11. The van der Waals surface area contributed by atoms with Crippen LogP contribution in [-0.4, -0.2) is 63.6 Å². The van der Waals surface area contributed by atoms with Crippen molar-refractivity contribution in [2.75, 3.05) is 38.0 Å². The zero-order valence-corrected chi connectivity index (χ0v) is 14.2. The molecule has 1 amide bonds. The molecule has 0 atom stereocenters. The van der Waals surface area contributed by atoms with E-state index in [-0.39, 0.29) is 5.91 Å². The van der Waals surface area contributed by atoms with Crippen molar-refractivity contribution in [1.29, 1.82) is 0 Å². The van der Waals surface area contributed by atoms with Gasteiger partial charge in [0, 0.05) is 39.3 Å². The summed E-state index contributed by atoms with van der Waals surface area (Å²) in [6.45, 7) is 6.16. The molecule has 0 unspecified atom stereocenters. The van der Waals surface area contributed by atoms with Gasteiger partial charge in [-0.05, 0) is 12.1 Å². The van der Waals surface area contributed by atoms with Crippen molar-refractivity contribution in [3.05, 3.63) is 35.1 Å². The molecule has 128 valence electrons. The molecule has 2 aromatic heterocycles. The molecule has 0 bridgehead atoms. The Morgan fingerprint density at radius 2 is 2.04 bits per heavy atom. The van der Waals surface area contributed by atoms with Gasteiger partial charge in [-0.1, -0.05) is 16.8 Å². The van der Waals surface area contributed by atoms with E-state index in [4.69, 9.17) is 16.1 Å². The lowest BCUT2D eigenvalue weighted by atomic mass is 10.3. The van der Waals surface area contributed by atoms with Crippen LogP contribution in [0.15, 0.2) is 22.9 Å². The maximum atomic E-state index is 12.1. The molecule has 1 N–H and O–H groups in total. The molecule has 3 heterocycles. The first-order valence-electron chi connectivity index (χ1n) is 7.74. The maximum absolute atomic E-state index is 12.1. The van der Waals surface area contributed by atoms with Crippen molar-refractivity contribution in [3.8, 4) is 0 Å². The molecule has 24 heavy (non-hydrogen) atoms. The highest BCUT2D eigenvalue weighted by molar-refractivity contribution is 6.30. The van der Waals surface area contributed by atoms with Crippen LogP contribution in [-0.2, 0) is 11.3 Å². The number of carbonyl (C=O) groups excluding carboxylic acids is 1. The number of pyridine rings is 1. The third-order valence-corrected chi connectivity index (χ3v) is 3.99. The highest BCUT2D eigenvalue weighted by atomic mass is 35.5. The Morgan fingerprint density at radius 3 is 2.67 bits per heavy atom. The van der Waals surface area contributed by atoms with Gasteiger partial charge in [0.25, 0.3) is 0 Å². The van der Waals surface area contributed by atoms with Gasteiger partial charge >= 0.3 is 0 Å². The summed E-state index contributed by atoms with van der Waals surface area (Å²) < 4.78 is 4.98. The quantitative estimate of drug-likeness (QED) is 0.866. The second kappa shape index (κ2) is 7.69. The first kappa shape index (κ1) is 16.8. The second-order valence-electron chi connectivity index (χ2n) is 5.69. The Kier molecular flexibility index (Phi) is 5.39. The number of hydrogen-bond acceptors (Lipinski definition) is 7. The number of nitrogens with zero attached hydrogens (tertiary/aromatic N) is 5. The van der Waals surface area contributed by atoms with Gasteiger partial charge in [-0.3, -0.25) is 14.6 Å². The van der Waals surface area contributed by atoms with E-state index in [0.717, 1.165) is 26.2 Å². The van der Waals surface area contributed by atoms with E-state index in [1.54, 1.807) is 19.1 Å². The molecule has 3 rings (SSSR count). The van der Waals surface area contributed by atoms with Gasteiger partial charge < -0.3 is 9.84 Å². The van der Waals surface area contributed by atoms with Gasteiger partial charge in [0.05, 0.1) is 18.1 Å². The van der Waals surface area contributed by atoms with Crippen molar-refractivity contribution in [1.82, 2.24) is 24.9 Å². The fraction of sp³-hybridized carbons (Fsp3) is 0.467. The molecule has 0 radical (unpaired) electrons. The van der Waals surface area contributed by atoms with Gasteiger partial charge in [0.2, 0.25) is 11.8 Å². The predicted octanol–water partition coefficient (Wildman–Crippen LogP) is 1.18. The third kappa shape index (κ3) is 4.73. The number of anilines is 1. The molecular formula is C15H19ClN6O2. The number of halogens is 1. The van der Waals surface area contributed by atoms with E-state index in [9.17, 15) is 4.79 Å². The lowest BCUT2D eigenvalue weighted by Crippen LogP contribution is -2.48. The maximum Gasteiger partial charge on any atom is 0.239 e. The average molecular weight is 351 g/mol. The molecule has 0 saturated carbocycles. The van der Waals surface area contributed by atoms with Crippen LogP contribution in [0.5, 0.6) is 0 Å². The summed E-state index contributed by atoms with van der Waals surface area (Å²) in [6.07, 6.45) is 1.51. The number of amides is 1. The lowest BCUT2D eigenvalue weighted by Gasteiger charge is -2.33. The standard InChI is InChI=1S/C15H19ClN6O2/c1-11-18-14(20-24-11)9-21-4-6-22(7-5-21)10-15(23)19-13-3-2-12(16)8-17-13/h2-3,8H,4-7,9-10H2,1H3,(H,17,19,23). The molecule has 1 fully saturated rings. The van der Waals surface area contributed by atoms with E-state index >= 15 is 0 Å². The topological polar surface area (TPSA) is 87.4 Å². The van der Waals surface area contributed by atoms with Crippen LogP contribution in [0.25, 0.3) is 0 Å². The average Bonchev–Trinajstić information content (AvgIpc) is 2.96. The zero-order valence-electron chi connectivity index (χ0n) is 13.4. The van der Waals surface area contributed by atoms with Crippen LogP contribution in [0.4, 0.5) is 5.82 Å². The number of carbonyl (C=O) groups is 1. The molecule has 0 aromatic carbocycles. The summed E-state index contributed by atoms with van der Waals surface area (Å²) >= 11 is 5.77. The van der Waals surface area contributed by atoms with E-state index in [0.29, 0.717) is 35.6 Å². The summed E-state index contributed by atoms with van der Waals surface area (Å²) in [5.41, 5.74) is 0. The highest BCUT2D eigenvalue weighted by Gasteiger charge is 2.20. The molecule has 1 saturated heterocycles. The number of rotatable bonds is 5. The lowest BCUT2D eigenvalue weighted by molar-refractivity contribution is -0.117. The Morgan fingerprint density at radius 1 is 1.29 bits per heavy atom. The SMILES string of the molecule is Cc1nc(CN2CCN(CC(=O)Nc3ccc(Cl)cn3)CC2)no1. The van der Waals surface area contributed by atoms with Gasteiger partial charge in [-0.25, -0.2) is 4.98 Å². The second-order valence-corrected chi connectivity index (χ2v) is 6.13. The number of hydrogen-bond donors (Lipinski definition) is 1. The van der Waals surface area contributed by atoms with E-state index < -0.39 is 0 Å². The molecule has 2 aromatic rings. The molecule has 0 aliphatic carbocycles. The number of aromatic nitrogens is 3. The zero-order chi connectivity index (χ0) is 16.9. The van der Waals surface area contributed by atoms with Crippen molar-refractivity contribution in [3.63, 3.8) is 0 Å². The van der Waals surface area contributed by atoms with Crippen molar-refractivity contribution >= 4 is 23.3 Å². The first-order chi connectivity index (χ1) is 11.6. The number of piperazine rings is 1. The summed E-state index contributed by atoms with van der Waals surface area (Å²) in [4.78, 5) is 24.7. The normalized spacial score (nSPS) is 16.2. The Balaban J connectivity index is 1.41. The van der Waals surface area contributed by atoms with E-state index in [1.165, 1.54) is 6.20 Å². The van der Waals surface area contributed by atoms with E-state index in [1.807, 2.05) is 0 Å². The number of nitrogens with one attached hydrogen (secondary N) is 1. The van der Waals surface area contributed by atoms with Crippen LogP contribution in [0.1, 0.15) is 11.7 Å². The third-order valence-electron chi connectivity index (χ3n) is 3.76. The van der Waals surface area contributed by atoms with E-state index in [2.05, 4.69) is 30.2 Å². The van der Waals surface area contributed by atoms with Gasteiger partial charge in [0.1, 0.15) is 5.82 Å². The monoisotopic (exact) mass is 350 g/mol. The molecule has 1 aliphatic rings. The van der Waals surface area contributed by atoms with Crippen LogP contribution in [0.3, 0.4) is 0 Å². The minimum Gasteiger partial charge on any atom is -0.340 e. The van der Waals surface area contributed by atoms with Gasteiger partial charge in [-0.15, -0.1) is 0 Å². The van der Waals surface area contributed by atoms with Crippen molar-refractivity contribution in [2.45, 2.75) is 13.5 Å². The Hall–Kier alpha value is -2.03. The fourth-order valence-electron chi connectivity index (χ4n) is 2.55. The smallest absolute Gasteiger partial charge is 0.239 e. The van der Waals surface area contributed by atoms with Crippen molar-refractivity contribution in [2.24, 2.45) is 0 Å². The Bertz CT molecular complexity index is 682.